The maximum absolute atomic E-state index is 13.5. The van der Waals surface area contributed by atoms with Crippen LogP contribution in [0.5, 0.6) is 5.75 Å². The quantitative estimate of drug-likeness (QED) is 0.843. The standard InChI is InChI=1S/C14H16FN3O3S/c1-10(2)21-12-7-6-11(15)9-13(12)22(19,20)18(3)14-5-4-8-16-17-14/h4-10H,1-3H3. The van der Waals surface area contributed by atoms with Crippen LogP contribution < -0.4 is 9.04 Å². The van der Waals surface area contributed by atoms with Crippen molar-refractivity contribution in [3.8, 4) is 5.75 Å². The van der Waals surface area contributed by atoms with Crippen LogP contribution in [0.3, 0.4) is 0 Å². The first kappa shape index (κ1) is 16.2. The van der Waals surface area contributed by atoms with Crippen molar-refractivity contribution >= 4 is 15.8 Å². The van der Waals surface area contributed by atoms with E-state index in [0.717, 1.165) is 16.4 Å². The molecule has 2 aromatic rings. The summed E-state index contributed by atoms with van der Waals surface area (Å²) in [5.41, 5.74) is 0. The number of nitrogens with zero attached hydrogens (tertiary/aromatic N) is 3. The maximum Gasteiger partial charge on any atom is 0.269 e. The van der Waals surface area contributed by atoms with E-state index < -0.39 is 15.8 Å². The number of benzene rings is 1. The SMILES string of the molecule is CC(C)Oc1ccc(F)cc1S(=O)(=O)N(C)c1cccnn1. The molecule has 0 unspecified atom stereocenters. The lowest BCUT2D eigenvalue weighted by Crippen LogP contribution is -2.28. The number of ether oxygens (including phenoxy) is 1. The molecule has 1 aromatic carbocycles. The third kappa shape index (κ3) is 3.33. The van der Waals surface area contributed by atoms with Gasteiger partial charge in [0.15, 0.2) is 5.82 Å². The third-order valence-electron chi connectivity index (χ3n) is 2.79. The fourth-order valence-corrected chi connectivity index (χ4v) is 3.04. The van der Waals surface area contributed by atoms with Crippen LogP contribution in [0.4, 0.5) is 10.2 Å². The van der Waals surface area contributed by atoms with Crippen LogP contribution in [0.15, 0.2) is 41.4 Å². The number of rotatable bonds is 5. The first-order valence-corrected chi connectivity index (χ1v) is 7.99. The first-order valence-electron chi connectivity index (χ1n) is 6.55. The van der Waals surface area contributed by atoms with Crippen LogP contribution in [0.1, 0.15) is 13.8 Å². The lowest BCUT2D eigenvalue weighted by molar-refractivity contribution is 0.235. The number of halogens is 1. The Labute approximate surface area is 128 Å². The van der Waals surface area contributed by atoms with Crippen LogP contribution in [-0.2, 0) is 10.0 Å². The van der Waals surface area contributed by atoms with E-state index >= 15 is 0 Å². The smallest absolute Gasteiger partial charge is 0.269 e. The van der Waals surface area contributed by atoms with Crippen molar-refractivity contribution in [3.05, 3.63) is 42.3 Å². The molecular weight excluding hydrogens is 309 g/mol. The number of aromatic nitrogens is 2. The third-order valence-corrected chi connectivity index (χ3v) is 4.57. The highest BCUT2D eigenvalue weighted by Gasteiger charge is 2.27. The van der Waals surface area contributed by atoms with E-state index in [1.165, 1.54) is 25.4 Å². The molecular formula is C14H16FN3O3S. The number of sulfonamides is 1. The molecule has 0 fully saturated rings. The molecule has 0 saturated heterocycles. The Morgan fingerprint density at radius 2 is 2.00 bits per heavy atom. The summed E-state index contributed by atoms with van der Waals surface area (Å²) in [5, 5.41) is 7.39. The fraction of sp³-hybridized carbons (Fsp3) is 0.286. The van der Waals surface area contributed by atoms with Crippen molar-refractivity contribution in [2.24, 2.45) is 0 Å². The van der Waals surface area contributed by atoms with Gasteiger partial charge in [-0.3, -0.25) is 4.31 Å². The zero-order valence-electron chi connectivity index (χ0n) is 12.4. The Hall–Kier alpha value is -2.22. The zero-order valence-corrected chi connectivity index (χ0v) is 13.2. The zero-order chi connectivity index (χ0) is 16.3. The van der Waals surface area contributed by atoms with Gasteiger partial charge in [0.25, 0.3) is 10.0 Å². The lowest BCUT2D eigenvalue weighted by Gasteiger charge is -2.20. The Morgan fingerprint density at radius 3 is 2.59 bits per heavy atom. The average Bonchev–Trinajstić information content (AvgIpc) is 2.48. The van der Waals surface area contributed by atoms with Gasteiger partial charge in [0.1, 0.15) is 16.5 Å². The molecule has 0 atom stereocenters. The molecule has 8 heteroatoms. The van der Waals surface area contributed by atoms with Crippen LogP contribution in [-0.4, -0.2) is 31.8 Å². The molecule has 1 heterocycles. The van der Waals surface area contributed by atoms with E-state index in [4.69, 9.17) is 4.74 Å². The van der Waals surface area contributed by atoms with E-state index in [0.29, 0.717) is 0 Å². The van der Waals surface area contributed by atoms with Gasteiger partial charge in [0.2, 0.25) is 0 Å². The normalized spacial score (nSPS) is 11.5. The largest absolute Gasteiger partial charge is 0.490 e. The predicted octanol–water partition coefficient (Wildman–Crippen LogP) is 2.23. The van der Waals surface area contributed by atoms with Crippen LogP contribution in [0.25, 0.3) is 0 Å². The molecule has 0 bridgehead atoms. The molecule has 0 N–H and O–H groups in total. The highest BCUT2D eigenvalue weighted by atomic mass is 32.2. The monoisotopic (exact) mass is 325 g/mol. The van der Waals surface area contributed by atoms with Crippen LogP contribution in [0, 0.1) is 5.82 Å². The summed E-state index contributed by atoms with van der Waals surface area (Å²) in [6, 6.07) is 6.43. The number of hydrogen-bond donors (Lipinski definition) is 0. The Balaban J connectivity index is 2.51. The molecule has 0 spiro atoms. The van der Waals surface area contributed by atoms with Crippen molar-refractivity contribution in [1.82, 2.24) is 10.2 Å². The molecule has 0 aliphatic heterocycles. The summed E-state index contributed by atoms with van der Waals surface area (Å²) in [5.74, 6) is -0.448. The van der Waals surface area contributed by atoms with E-state index in [1.54, 1.807) is 19.9 Å². The molecule has 0 amide bonds. The minimum absolute atomic E-state index is 0.0899. The molecule has 6 nitrogen and oxygen atoms in total. The van der Waals surface area contributed by atoms with Crippen LogP contribution >= 0.6 is 0 Å². The Morgan fingerprint density at radius 1 is 1.27 bits per heavy atom. The second-order valence-electron chi connectivity index (χ2n) is 4.81. The molecule has 0 aliphatic carbocycles. The Kier molecular flexibility index (Phi) is 4.60. The van der Waals surface area contributed by atoms with Gasteiger partial charge in [0, 0.05) is 13.2 Å². The van der Waals surface area contributed by atoms with E-state index in [2.05, 4.69) is 10.2 Å². The summed E-state index contributed by atoms with van der Waals surface area (Å²) in [6.07, 6.45) is 1.18. The summed E-state index contributed by atoms with van der Waals surface area (Å²) < 4.78 is 45.3. The van der Waals surface area contributed by atoms with Crippen molar-refractivity contribution < 1.29 is 17.5 Å². The van der Waals surface area contributed by atoms with E-state index in [1.807, 2.05) is 0 Å². The van der Waals surface area contributed by atoms with Gasteiger partial charge in [-0.05, 0) is 44.2 Å². The summed E-state index contributed by atoms with van der Waals surface area (Å²) in [4.78, 5) is -0.255. The minimum Gasteiger partial charge on any atom is -0.490 e. The van der Waals surface area contributed by atoms with E-state index in [-0.39, 0.29) is 22.6 Å². The summed E-state index contributed by atoms with van der Waals surface area (Å²) in [7, 11) is -2.70. The number of anilines is 1. The fourth-order valence-electron chi connectivity index (χ4n) is 1.77. The predicted molar refractivity (Wildman–Crippen MR) is 79.8 cm³/mol. The lowest BCUT2D eigenvalue weighted by atomic mass is 10.3. The van der Waals surface area contributed by atoms with Gasteiger partial charge < -0.3 is 4.74 Å². The Bertz CT molecular complexity index is 751. The van der Waals surface area contributed by atoms with Gasteiger partial charge in [-0.25, -0.2) is 12.8 Å². The molecule has 118 valence electrons. The van der Waals surface area contributed by atoms with Gasteiger partial charge >= 0.3 is 0 Å². The van der Waals surface area contributed by atoms with Gasteiger partial charge in [-0.1, -0.05) is 0 Å². The molecule has 1 aromatic heterocycles. The van der Waals surface area contributed by atoms with Gasteiger partial charge in [-0.15, -0.1) is 5.10 Å². The van der Waals surface area contributed by atoms with Gasteiger partial charge in [-0.2, -0.15) is 5.10 Å². The first-order chi connectivity index (χ1) is 10.3. The summed E-state index contributed by atoms with van der Waals surface area (Å²) >= 11 is 0. The van der Waals surface area contributed by atoms with Gasteiger partial charge in [0.05, 0.1) is 6.10 Å². The molecule has 0 saturated carbocycles. The highest BCUT2D eigenvalue weighted by molar-refractivity contribution is 7.92. The average molecular weight is 325 g/mol. The second-order valence-corrected chi connectivity index (χ2v) is 6.75. The van der Waals surface area contributed by atoms with Crippen molar-refractivity contribution in [1.29, 1.82) is 0 Å². The van der Waals surface area contributed by atoms with Crippen molar-refractivity contribution in [2.75, 3.05) is 11.4 Å². The highest BCUT2D eigenvalue weighted by Crippen LogP contribution is 2.29. The molecule has 0 aliphatic rings. The molecule has 22 heavy (non-hydrogen) atoms. The second kappa shape index (κ2) is 6.27. The summed E-state index contributed by atoms with van der Waals surface area (Å²) in [6.45, 7) is 3.51. The maximum atomic E-state index is 13.5. The molecule has 2 rings (SSSR count). The number of hydrogen-bond acceptors (Lipinski definition) is 5. The van der Waals surface area contributed by atoms with Crippen molar-refractivity contribution in [3.63, 3.8) is 0 Å². The minimum atomic E-state index is -4.02. The topological polar surface area (TPSA) is 72.4 Å². The van der Waals surface area contributed by atoms with Crippen LogP contribution in [0.2, 0.25) is 0 Å². The van der Waals surface area contributed by atoms with E-state index in [9.17, 15) is 12.8 Å². The van der Waals surface area contributed by atoms with Crippen molar-refractivity contribution in [2.45, 2.75) is 24.8 Å². The molecule has 0 radical (unpaired) electrons.